The number of anilines is 1. The highest BCUT2D eigenvalue weighted by Gasteiger charge is 2.16. The van der Waals surface area contributed by atoms with Crippen LogP contribution >= 0.6 is 0 Å². The molecule has 3 amide bonds. The number of aromatic hydroxyl groups is 1. The van der Waals surface area contributed by atoms with Crippen molar-refractivity contribution in [3.63, 3.8) is 0 Å². The summed E-state index contributed by atoms with van der Waals surface area (Å²) in [6, 6.07) is 4.44. The summed E-state index contributed by atoms with van der Waals surface area (Å²) >= 11 is 0. The van der Waals surface area contributed by atoms with Gasteiger partial charge in [-0.25, -0.2) is 4.79 Å². The van der Waals surface area contributed by atoms with Crippen molar-refractivity contribution in [2.75, 3.05) is 19.0 Å². The molecule has 0 atom stereocenters. The number of benzene rings is 1. The van der Waals surface area contributed by atoms with E-state index in [1.807, 2.05) is 0 Å². The van der Waals surface area contributed by atoms with Crippen molar-refractivity contribution in [3.8, 4) is 5.75 Å². The first-order valence-electron chi connectivity index (χ1n) is 5.02. The van der Waals surface area contributed by atoms with Crippen LogP contribution in [0.2, 0.25) is 0 Å². The molecule has 0 saturated heterocycles. The van der Waals surface area contributed by atoms with Gasteiger partial charge in [-0.15, -0.1) is 0 Å². The van der Waals surface area contributed by atoms with Gasteiger partial charge in [-0.2, -0.15) is 0 Å². The maximum atomic E-state index is 11.4. The largest absolute Gasteiger partial charge is 0.505 e. The lowest BCUT2D eigenvalue weighted by molar-refractivity contribution is -0.117. The number of rotatable bonds is 3. The first-order chi connectivity index (χ1) is 7.97. The number of nitrogens with zero attached hydrogens (tertiary/aromatic N) is 1. The molecule has 1 aromatic carbocycles. The average molecular weight is 237 g/mol. The monoisotopic (exact) mass is 237 g/mol. The third kappa shape index (κ3) is 2.87. The summed E-state index contributed by atoms with van der Waals surface area (Å²) in [7, 11) is 3.01. The number of primary amides is 1. The Bertz CT molecular complexity index is 446. The summed E-state index contributed by atoms with van der Waals surface area (Å²) in [5, 5.41) is 12.4. The predicted octanol–water partition coefficient (Wildman–Crippen LogP) is 0.196. The van der Waals surface area contributed by atoms with Crippen LogP contribution < -0.4 is 16.0 Å². The van der Waals surface area contributed by atoms with E-state index < -0.39 is 5.91 Å². The van der Waals surface area contributed by atoms with Crippen LogP contribution in [-0.2, 0) is 11.2 Å². The third-order valence-corrected chi connectivity index (χ3v) is 2.34. The third-order valence-electron chi connectivity index (χ3n) is 2.34. The van der Waals surface area contributed by atoms with Gasteiger partial charge in [-0.1, -0.05) is 12.1 Å². The molecule has 6 nitrogen and oxygen atoms in total. The minimum Gasteiger partial charge on any atom is -0.505 e. The lowest BCUT2D eigenvalue weighted by atomic mass is 10.1. The second-order valence-electron chi connectivity index (χ2n) is 3.54. The van der Waals surface area contributed by atoms with Crippen LogP contribution in [0.3, 0.4) is 0 Å². The van der Waals surface area contributed by atoms with Gasteiger partial charge in [0.1, 0.15) is 5.75 Å². The van der Waals surface area contributed by atoms with Gasteiger partial charge in [-0.3, -0.25) is 9.69 Å². The Balaban J connectivity index is 3.09. The Hall–Kier alpha value is -2.24. The van der Waals surface area contributed by atoms with Gasteiger partial charge in [0.05, 0.1) is 12.1 Å². The summed E-state index contributed by atoms with van der Waals surface area (Å²) in [6.45, 7) is 0. The van der Waals surface area contributed by atoms with Crippen LogP contribution in [0.4, 0.5) is 10.5 Å². The summed E-state index contributed by atoms with van der Waals surface area (Å²) in [5.74, 6) is -0.655. The van der Waals surface area contributed by atoms with E-state index in [0.29, 0.717) is 11.3 Å². The number of phenols is 1. The molecule has 0 radical (unpaired) electrons. The van der Waals surface area contributed by atoms with Crippen molar-refractivity contribution in [2.45, 2.75) is 6.42 Å². The quantitative estimate of drug-likeness (QED) is 0.700. The number of phenolic OH excluding ortho intramolecular Hbond substituents is 1. The molecule has 0 aromatic heterocycles. The standard InChI is InChI=1S/C11H15N3O3/c1-13-11(17)14(2)8-5-3-4-7(10(8)16)6-9(12)15/h3-5,16H,6H2,1-2H3,(H2,12,15)(H,13,17). The van der Waals surface area contributed by atoms with Crippen LogP contribution in [0, 0.1) is 0 Å². The molecule has 0 bridgehead atoms. The van der Waals surface area contributed by atoms with E-state index >= 15 is 0 Å². The highest BCUT2D eigenvalue weighted by molar-refractivity contribution is 5.93. The van der Waals surface area contributed by atoms with E-state index in [2.05, 4.69) is 5.32 Å². The smallest absolute Gasteiger partial charge is 0.321 e. The summed E-state index contributed by atoms with van der Waals surface area (Å²) in [6.07, 6.45) is -0.0682. The number of nitrogens with one attached hydrogen (secondary N) is 1. The fourth-order valence-electron chi connectivity index (χ4n) is 1.46. The minimum atomic E-state index is -0.542. The fourth-order valence-corrected chi connectivity index (χ4v) is 1.46. The van der Waals surface area contributed by atoms with E-state index in [9.17, 15) is 14.7 Å². The second-order valence-corrected chi connectivity index (χ2v) is 3.54. The molecule has 0 spiro atoms. The Labute approximate surface area is 99.0 Å². The topological polar surface area (TPSA) is 95.7 Å². The Morgan fingerprint density at radius 1 is 1.47 bits per heavy atom. The number of hydrogen-bond acceptors (Lipinski definition) is 3. The lowest BCUT2D eigenvalue weighted by Gasteiger charge is -2.19. The average Bonchev–Trinajstić information content (AvgIpc) is 2.29. The van der Waals surface area contributed by atoms with Crippen molar-refractivity contribution in [2.24, 2.45) is 5.73 Å². The zero-order valence-corrected chi connectivity index (χ0v) is 9.73. The molecule has 92 valence electrons. The van der Waals surface area contributed by atoms with Crippen molar-refractivity contribution in [3.05, 3.63) is 23.8 Å². The highest BCUT2D eigenvalue weighted by Crippen LogP contribution is 2.30. The van der Waals surface area contributed by atoms with E-state index in [1.165, 1.54) is 19.0 Å². The lowest BCUT2D eigenvalue weighted by Crippen LogP contribution is -2.34. The molecule has 0 aliphatic carbocycles. The van der Waals surface area contributed by atoms with E-state index in [-0.39, 0.29) is 18.2 Å². The molecule has 6 heteroatoms. The molecular formula is C11H15N3O3. The van der Waals surface area contributed by atoms with Crippen LogP contribution in [-0.4, -0.2) is 31.1 Å². The van der Waals surface area contributed by atoms with Crippen LogP contribution in [0.25, 0.3) is 0 Å². The van der Waals surface area contributed by atoms with Gasteiger partial charge in [-0.05, 0) is 6.07 Å². The normalized spacial score (nSPS) is 9.76. The zero-order valence-electron chi connectivity index (χ0n) is 9.73. The molecule has 0 saturated carbocycles. The highest BCUT2D eigenvalue weighted by atomic mass is 16.3. The van der Waals surface area contributed by atoms with Gasteiger partial charge < -0.3 is 16.2 Å². The van der Waals surface area contributed by atoms with Crippen LogP contribution in [0.15, 0.2) is 18.2 Å². The molecule has 17 heavy (non-hydrogen) atoms. The molecule has 0 heterocycles. The van der Waals surface area contributed by atoms with Gasteiger partial charge in [0.2, 0.25) is 5.91 Å². The van der Waals surface area contributed by atoms with E-state index in [4.69, 9.17) is 5.73 Å². The number of hydrogen-bond donors (Lipinski definition) is 3. The number of urea groups is 1. The summed E-state index contributed by atoms with van der Waals surface area (Å²) in [4.78, 5) is 23.5. The van der Waals surface area contributed by atoms with E-state index in [0.717, 1.165) is 0 Å². The Kier molecular flexibility index (Phi) is 3.92. The minimum absolute atomic E-state index is 0.0682. The molecule has 1 aromatic rings. The molecule has 0 aliphatic heterocycles. The SMILES string of the molecule is CNC(=O)N(C)c1cccc(CC(N)=O)c1O. The number of carbonyl (C=O) groups excluding carboxylic acids is 2. The first-order valence-corrected chi connectivity index (χ1v) is 5.02. The first kappa shape index (κ1) is 12.8. The van der Waals surface area contributed by atoms with Crippen LogP contribution in [0.1, 0.15) is 5.56 Å². The number of amides is 3. The van der Waals surface area contributed by atoms with Crippen LogP contribution in [0.5, 0.6) is 5.75 Å². The summed E-state index contributed by atoms with van der Waals surface area (Å²) in [5.41, 5.74) is 5.78. The zero-order chi connectivity index (χ0) is 13.0. The Morgan fingerprint density at radius 2 is 2.12 bits per heavy atom. The van der Waals surface area contributed by atoms with Gasteiger partial charge in [0.25, 0.3) is 0 Å². The van der Waals surface area contributed by atoms with Gasteiger partial charge >= 0.3 is 6.03 Å². The van der Waals surface area contributed by atoms with Crippen molar-refractivity contribution < 1.29 is 14.7 Å². The number of carbonyl (C=O) groups is 2. The Morgan fingerprint density at radius 3 is 2.65 bits per heavy atom. The number of para-hydroxylation sites is 1. The molecule has 4 N–H and O–H groups in total. The molecule has 1 rings (SSSR count). The maximum absolute atomic E-state index is 11.4. The van der Waals surface area contributed by atoms with Crippen molar-refractivity contribution in [1.29, 1.82) is 0 Å². The maximum Gasteiger partial charge on any atom is 0.321 e. The van der Waals surface area contributed by atoms with Gasteiger partial charge in [0, 0.05) is 19.7 Å². The van der Waals surface area contributed by atoms with Gasteiger partial charge in [0.15, 0.2) is 0 Å². The predicted molar refractivity (Wildman–Crippen MR) is 63.9 cm³/mol. The van der Waals surface area contributed by atoms with Crippen molar-refractivity contribution >= 4 is 17.6 Å². The van der Waals surface area contributed by atoms with Crippen molar-refractivity contribution in [1.82, 2.24) is 5.32 Å². The summed E-state index contributed by atoms with van der Waals surface area (Å²) < 4.78 is 0. The molecule has 0 unspecified atom stereocenters. The fraction of sp³-hybridized carbons (Fsp3) is 0.273. The number of nitrogens with two attached hydrogens (primary N) is 1. The molecule has 0 fully saturated rings. The van der Waals surface area contributed by atoms with E-state index in [1.54, 1.807) is 18.2 Å². The second kappa shape index (κ2) is 5.20. The molecule has 0 aliphatic rings. The molecular weight excluding hydrogens is 222 g/mol.